The zero-order valence-electron chi connectivity index (χ0n) is 26.9. The van der Waals surface area contributed by atoms with E-state index in [0.717, 1.165) is 44.4 Å². The van der Waals surface area contributed by atoms with E-state index < -0.39 is 0 Å². The number of benzene rings is 7. The largest absolute Gasteiger partial charge is 0.452 e. The van der Waals surface area contributed by atoms with Crippen molar-refractivity contribution in [3.05, 3.63) is 170 Å². The summed E-state index contributed by atoms with van der Waals surface area (Å²) in [6, 6.07) is 58.2. The highest BCUT2D eigenvalue weighted by Gasteiger charge is 2.16. The summed E-state index contributed by atoms with van der Waals surface area (Å²) in [7, 11) is 0. The van der Waals surface area contributed by atoms with E-state index in [4.69, 9.17) is 9.40 Å². The van der Waals surface area contributed by atoms with E-state index in [1.54, 1.807) is 6.33 Å². The molecule has 0 amide bonds. The summed E-state index contributed by atoms with van der Waals surface area (Å²) in [4.78, 5) is 9.37. The summed E-state index contributed by atoms with van der Waals surface area (Å²) in [5, 5.41) is 3.61. The van der Waals surface area contributed by atoms with Crippen molar-refractivity contribution in [2.75, 3.05) is 0 Å². The lowest BCUT2D eigenvalue weighted by molar-refractivity contribution is 0.667. The minimum atomic E-state index is 0.699. The average Bonchev–Trinajstić information content (AvgIpc) is 3.77. The lowest BCUT2D eigenvalue weighted by Crippen LogP contribution is -1.87. The molecular formula is C46H28N2OS. The molecule has 0 fully saturated rings. The van der Waals surface area contributed by atoms with E-state index in [1.807, 2.05) is 23.5 Å². The molecule has 0 unspecified atom stereocenters. The maximum Gasteiger partial charge on any atom is 0.180 e. The van der Waals surface area contributed by atoms with E-state index in [2.05, 4.69) is 157 Å². The maximum absolute atomic E-state index is 6.42. The molecule has 0 aliphatic carbocycles. The van der Waals surface area contributed by atoms with Gasteiger partial charge in [0.15, 0.2) is 5.58 Å². The van der Waals surface area contributed by atoms with Crippen LogP contribution in [0.4, 0.5) is 0 Å². The third-order valence-electron chi connectivity index (χ3n) is 9.65. The van der Waals surface area contributed by atoms with Crippen LogP contribution in [0.25, 0.3) is 98.0 Å². The van der Waals surface area contributed by atoms with Crippen LogP contribution in [0, 0.1) is 0 Å². The van der Waals surface area contributed by atoms with Crippen LogP contribution >= 0.6 is 11.3 Å². The van der Waals surface area contributed by atoms with E-state index in [9.17, 15) is 0 Å². The van der Waals surface area contributed by atoms with Gasteiger partial charge in [-0.2, -0.15) is 0 Å². The number of nitrogens with zero attached hydrogens (tertiary/aromatic N) is 2. The number of aromatic nitrogens is 2. The van der Waals surface area contributed by atoms with Crippen molar-refractivity contribution in [2.45, 2.75) is 0 Å². The van der Waals surface area contributed by atoms with Crippen LogP contribution in [0.1, 0.15) is 0 Å². The Hall–Kier alpha value is -6.36. The predicted molar refractivity (Wildman–Crippen MR) is 209 cm³/mol. The third kappa shape index (κ3) is 4.80. The molecule has 0 saturated heterocycles. The molecule has 0 radical (unpaired) electrons. The first kappa shape index (κ1) is 28.6. The second kappa shape index (κ2) is 11.7. The van der Waals surface area contributed by atoms with Gasteiger partial charge in [0.1, 0.15) is 23.1 Å². The summed E-state index contributed by atoms with van der Waals surface area (Å²) in [6.07, 6.45) is 1.64. The lowest BCUT2D eigenvalue weighted by Gasteiger charge is -2.08. The maximum atomic E-state index is 6.42. The minimum Gasteiger partial charge on any atom is -0.452 e. The normalized spacial score (nSPS) is 11.6. The summed E-state index contributed by atoms with van der Waals surface area (Å²) in [6.45, 7) is 0. The summed E-state index contributed by atoms with van der Waals surface area (Å²) >= 11 is 1.86. The van der Waals surface area contributed by atoms with Crippen molar-refractivity contribution in [1.29, 1.82) is 0 Å². The molecule has 0 aliphatic rings. The second-order valence-corrected chi connectivity index (χ2v) is 13.6. The van der Waals surface area contributed by atoms with Gasteiger partial charge in [-0.1, -0.05) is 140 Å². The zero-order chi connectivity index (χ0) is 33.0. The predicted octanol–water partition coefficient (Wildman–Crippen LogP) is 13.1. The van der Waals surface area contributed by atoms with E-state index in [0.29, 0.717) is 5.58 Å². The Morgan fingerprint density at radius 3 is 1.84 bits per heavy atom. The Morgan fingerprint density at radius 2 is 1.02 bits per heavy atom. The Labute approximate surface area is 292 Å². The topological polar surface area (TPSA) is 38.9 Å². The first-order valence-corrected chi connectivity index (χ1v) is 17.5. The van der Waals surface area contributed by atoms with E-state index in [1.165, 1.54) is 48.0 Å². The monoisotopic (exact) mass is 656 g/mol. The van der Waals surface area contributed by atoms with Gasteiger partial charge in [-0.15, -0.1) is 11.3 Å². The fourth-order valence-electron chi connectivity index (χ4n) is 7.11. The molecule has 7 aromatic carbocycles. The Bertz CT molecular complexity index is 2850. The Kier molecular flexibility index (Phi) is 6.68. The number of hydrogen-bond acceptors (Lipinski definition) is 4. The molecule has 0 N–H and O–H groups in total. The number of hydrogen-bond donors (Lipinski definition) is 0. The molecule has 4 heteroatoms. The van der Waals surface area contributed by atoms with Gasteiger partial charge in [0.05, 0.1) is 0 Å². The number of furan rings is 1. The molecular weight excluding hydrogens is 629 g/mol. The van der Waals surface area contributed by atoms with Crippen LogP contribution in [-0.2, 0) is 0 Å². The van der Waals surface area contributed by atoms with Crippen LogP contribution in [0.15, 0.2) is 175 Å². The molecule has 10 rings (SSSR count). The molecule has 50 heavy (non-hydrogen) atoms. The van der Waals surface area contributed by atoms with Crippen LogP contribution in [0.2, 0.25) is 0 Å². The van der Waals surface area contributed by atoms with Crippen molar-refractivity contribution >= 4 is 53.6 Å². The van der Waals surface area contributed by atoms with E-state index in [-0.39, 0.29) is 0 Å². The van der Waals surface area contributed by atoms with E-state index >= 15 is 0 Å². The summed E-state index contributed by atoms with van der Waals surface area (Å²) in [5.74, 6) is 0. The smallest absolute Gasteiger partial charge is 0.180 e. The van der Waals surface area contributed by atoms with Crippen LogP contribution in [-0.4, -0.2) is 9.97 Å². The van der Waals surface area contributed by atoms with Gasteiger partial charge in [-0.25, -0.2) is 9.97 Å². The highest BCUT2D eigenvalue weighted by molar-refractivity contribution is 7.26. The molecule has 3 heterocycles. The van der Waals surface area contributed by atoms with Gasteiger partial charge in [-0.05, 0) is 68.8 Å². The lowest BCUT2D eigenvalue weighted by atomic mass is 9.97. The highest BCUT2D eigenvalue weighted by Crippen LogP contribution is 2.41. The van der Waals surface area contributed by atoms with Gasteiger partial charge >= 0.3 is 0 Å². The SMILES string of the molecule is c1ccc(-c2ccc(-c3ccc4oc5c(-c6ccc(-c7cccc(-c8cccc9c8sc8ccccc89)c7)cc6)ncnc5c4c3)cc2)cc1. The summed E-state index contributed by atoms with van der Waals surface area (Å²) < 4.78 is 9.06. The standard InChI is InChI=1S/C46H28N2OS/c1-2-8-29(9-3-1)30-16-18-32(19-17-30)35-24-25-41-40(27-35)44-45(49-41)43(47-28-48-44)33-22-20-31(21-23-33)34-10-6-11-36(26-34)37-13-7-14-39-38-12-4-5-15-42(38)50-46(37)39/h1-28H. The van der Waals surface area contributed by atoms with Crippen LogP contribution in [0.5, 0.6) is 0 Å². The zero-order valence-corrected chi connectivity index (χ0v) is 27.7. The first-order valence-electron chi connectivity index (χ1n) is 16.7. The van der Waals surface area contributed by atoms with Crippen molar-refractivity contribution < 1.29 is 4.42 Å². The molecule has 0 bridgehead atoms. The number of rotatable bonds is 5. The van der Waals surface area contributed by atoms with Crippen LogP contribution < -0.4 is 0 Å². The quantitative estimate of drug-likeness (QED) is 0.185. The fourth-order valence-corrected chi connectivity index (χ4v) is 8.35. The Balaban J connectivity index is 0.975. The molecule has 234 valence electrons. The van der Waals surface area contributed by atoms with Gasteiger partial charge < -0.3 is 4.42 Å². The van der Waals surface area contributed by atoms with Crippen molar-refractivity contribution in [3.8, 4) is 55.8 Å². The highest BCUT2D eigenvalue weighted by atomic mass is 32.1. The fraction of sp³-hybridized carbons (Fsp3) is 0. The van der Waals surface area contributed by atoms with Crippen molar-refractivity contribution in [3.63, 3.8) is 0 Å². The number of fused-ring (bicyclic) bond motifs is 6. The average molecular weight is 657 g/mol. The van der Waals surface area contributed by atoms with Gasteiger partial charge in [0, 0.05) is 31.1 Å². The van der Waals surface area contributed by atoms with Gasteiger partial charge in [-0.3, -0.25) is 0 Å². The molecule has 3 aromatic heterocycles. The molecule has 10 aromatic rings. The summed E-state index contributed by atoms with van der Waals surface area (Å²) in [5.41, 5.74) is 13.6. The molecule has 0 aliphatic heterocycles. The van der Waals surface area contributed by atoms with Crippen LogP contribution in [0.3, 0.4) is 0 Å². The molecule has 0 atom stereocenters. The second-order valence-electron chi connectivity index (χ2n) is 12.6. The molecule has 3 nitrogen and oxygen atoms in total. The Morgan fingerprint density at radius 1 is 0.420 bits per heavy atom. The van der Waals surface area contributed by atoms with Crippen molar-refractivity contribution in [2.24, 2.45) is 0 Å². The minimum absolute atomic E-state index is 0.699. The van der Waals surface area contributed by atoms with Crippen molar-refractivity contribution in [1.82, 2.24) is 9.97 Å². The number of thiophene rings is 1. The first-order chi connectivity index (χ1) is 24.8. The van der Waals surface area contributed by atoms with Gasteiger partial charge in [0.2, 0.25) is 0 Å². The third-order valence-corrected chi connectivity index (χ3v) is 10.9. The van der Waals surface area contributed by atoms with Gasteiger partial charge in [0.25, 0.3) is 0 Å². The molecule has 0 spiro atoms. The molecule has 0 saturated carbocycles.